The first-order chi connectivity index (χ1) is 9.97. The number of carboxylic acids is 1. The van der Waals surface area contributed by atoms with Gasteiger partial charge in [-0.15, -0.1) is 0 Å². The number of halogens is 2. The number of rotatable bonds is 7. The molecule has 1 fully saturated rings. The second-order valence-corrected chi connectivity index (χ2v) is 4.83. The lowest BCUT2D eigenvalue weighted by molar-refractivity contribution is -0.139. The summed E-state index contributed by atoms with van der Waals surface area (Å²) in [5, 5.41) is 8.66. The molecule has 1 aromatic rings. The Morgan fingerprint density at radius 2 is 2.05 bits per heavy atom. The molecule has 1 saturated carbocycles. The molecule has 1 amide bonds. The van der Waals surface area contributed by atoms with E-state index in [2.05, 4.69) is 0 Å². The van der Waals surface area contributed by atoms with E-state index in [1.54, 1.807) is 0 Å². The van der Waals surface area contributed by atoms with Gasteiger partial charge in [-0.2, -0.15) is 0 Å². The van der Waals surface area contributed by atoms with Gasteiger partial charge in [0.2, 0.25) is 0 Å². The minimum Gasteiger partial charge on any atom is -0.481 e. The van der Waals surface area contributed by atoms with E-state index in [4.69, 9.17) is 9.84 Å². The van der Waals surface area contributed by atoms with Crippen LogP contribution in [0.2, 0.25) is 0 Å². The molecule has 0 unspecified atom stereocenters. The van der Waals surface area contributed by atoms with Gasteiger partial charge in [0.15, 0.2) is 18.2 Å². The van der Waals surface area contributed by atoms with Gasteiger partial charge in [0.25, 0.3) is 5.91 Å². The second kappa shape index (κ2) is 6.51. The van der Waals surface area contributed by atoms with Gasteiger partial charge >= 0.3 is 5.97 Å². The van der Waals surface area contributed by atoms with Crippen LogP contribution in [0.5, 0.6) is 5.75 Å². The Kier molecular flexibility index (Phi) is 4.72. The summed E-state index contributed by atoms with van der Waals surface area (Å²) in [5.74, 6) is -3.21. The van der Waals surface area contributed by atoms with E-state index in [9.17, 15) is 18.4 Å². The first kappa shape index (κ1) is 15.2. The van der Waals surface area contributed by atoms with Gasteiger partial charge < -0.3 is 14.7 Å². The van der Waals surface area contributed by atoms with Crippen LogP contribution in [0.4, 0.5) is 8.78 Å². The number of nitrogens with zero attached hydrogens (tertiary/aromatic N) is 1. The normalized spacial score (nSPS) is 13.8. The maximum Gasteiger partial charge on any atom is 0.305 e. The topological polar surface area (TPSA) is 66.8 Å². The summed E-state index contributed by atoms with van der Waals surface area (Å²) in [5.41, 5.74) is 0. The van der Waals surface area contributed by atoms with Crippen LogP contribution in [0.25, 0.3) is 0 Å². The highest BCUT2D eigenvalue weighted by molar-refractivity contribution is 5.79. The molecule has 21 heavy (non-hydrogen) atoms. The van der Waals surface area contributed by atoms with Crippen LogP contribution in [-0.4, -0.2) is 41.1 Å². The lowest BCUT2D eigenvalue weighted by Crippen LogP contribution is -2.38. The average molecular weight is 299 g/mol. The molecule has 0 saturated heterocycles. The lowest BCUT2D eigenvalue weighted by atomic mass is 10.3. The van der Waals surface area contributed by atoms with E-state index in [-0.39, 0.29) is 24.8 Å². The predicted octanol–water partition coefficient (Wildman–Crippen LogP) is 1.81. The van der Waals surface area contributed by atoms with Crippen LogP contribution in [-0.2, 0) is 9.59 Å². The number of carbonyl (C=O) groups excluding carboxylic acids is 1. The van der Waals surface area contributed by atoms with Crippen molar-refractivity contribution < 1.29 is 28.2 Å². The molecule has 114 valence electrons. The van der Waals surface area contributed by atoms with Crippen LogP contribution < -0.4 is 4.74 Å². The quantitative estimate of drug-likeness (QED) is 0.834. The van der Waals surface area contributed by atoms with E-state index in [0.29, 0.717) is 6.07 Å². The fourth-order valence-electron chi connectivity index (χ4n) is 1.93. The third kappa shape index (κ3) is 4.40. The van der Waals surface area contributed by atoms with Crippen molar-refractivity contribution in [3.05, 3.63) is 29.8 Å². The van der Waals surface area contributed by atoms with Crippen molar-refractivity contribution in [1.82, 2.24) is 4.90 Å². The highest BCUT2D eigenvalue weighted by Gasteiger charge is 2.32. The van der Waals surface area contributed by atoms with Gasteiger partial charge in [-0.1, -0.05) is 0 Å². The van der Waals surface area contributed by atoms with Crippen molar-refractivity contribution in [2.24, 2.45) is 0 Å². The number of carbonyl (C=O) groups is 2. The van der Waals surface area contributed by atoms with E-state index in [0.717, 1.165) is 25.0 Å². The van der Waals surface area contributed by atoms with Gasteiger partial charge in [0.1, 0.15) is 5.82 Å². The fraction of sp³-hybridized carbons (Fsp3) is 0.429. The maximum absolute atomic E-state index is 13.4. The SMILES string of the molecule is O=C(O)CCN(C(=O)COc1ccc(F)cc1F)C1CC1. The summed E-state index contributed by atoms with van der Waals surface area (Å²) < 4.78 is 31.1. The Balaban J connectivity index is 1.91. The summed E-state index contributed by atoms with van der Waals surface area (Å²) in [4.78, 5) is 24.0. The van der Waals surface area contributed by atoms with Gasteiger partial charge in [-0.25, -0.2) is 8.78 Å². The zero-order valence-corrected chi connectivity index (χ0v) is 11.2. The molecule has 0 bridgehead atoms. The summed E-state index contributed by atoms with van der Waals surface area (Å²) in [6.45, 7) is -0.299. The summed E-state index contributed by atoms with van der Waals surface area (Å²) in [6.07, 6.45) is 1.51. The molecule has 0 aromatic heterocycles. The minimum absolute atomic E-state index is 0.0403. The number of aliphatic carboxylic acids is 1. The Labute approximate surface area is 120 Å². The Morgan fingerprint density at radius 1 is 1.33 bits per heavy atom. The zero-order valence-electron chi connectivity index (χ0n) is 11.2. The molecule has 0 spiro atoms. The number of hydrogen-bond acceptors (Lipinski definition) is 3. The van der Waals surface area contributed by atoms with Gasteiger partial charge in [-0.3, -0.25) is 9.59 Å². The molecule has 1 aliphatic carbocycles. The molecular formula is C14H15F2NO4. The standard InChI is InChI=1S/C14H15F2NO4/c15-9-1-4-12(11(16)7-9)21-8-13(18)17(10-2-3-10)6-5-14(19)20/h1,4,7,10H,2-3,5-6,8H2,(H,19,20). The molecule has 0 radical (unpaired) electrons. The Hall–Kier alpha value is -2.18. The highest BCUT2D eigenvalue weighted by atomic mass is 19.1. The van der Waals surface area contributed by atoms with Crippen LogP contribution in [0.15, 0.2) is 18.2 Å². The third-order valence-corrected chi connectivity index (χ3v) is 3.12. The smallest absolute Gasteiger partial charge is 0.305 e. The monoisotopic (exact) mass is 299 g/mol. The Bertz CT molecular complexity index is 546. The number of benzene rings is 1. The van der Waals surface area contributed by atoms with E-state index in [1.165, 1.54) is 4.90 Å². The van der Waals surface area contributed by atoms with E-state index >= 15 is 0 Å². The van der Waals surface area contributed by atoms with Gasteiger partial charge in [-0.05, 0) is 25.0 Å². The molecule has 0 atom stereocenters. The summed E-state index contributed by atoms with van der Waals surface area (Å²) in [7, 11) is 0. The molecular weight excluding hydrogens is 284 g/mol. The van der Waals surface area contributed by atoms with Crippen molar-refractivity contribution in [2.45, 2.75) is 25.3 Å². The van der Waals surface area contributed by atoms with Crippen LogP contribution >= 0.6 is 0 Å². The highest BCUT2D eigenvalue weighted by Crippen LogP contribution is 2.27. The summed E-state index contributed by atoms with van der Waals surface area (Å²) >= 11 is 0. The third-order valence-electron chi connectivity index (χ3n) is 3.12. The molecule has 1 N–H and O–H groups in total. The molecule has 7 heteroatoms. The maximum atomic E-state index is 13.4. The first-order valence-corrected chi connectivity index (χ1v) is 6.56. The fourth-order valence-corrected chi connectivity index (χ4v) is 1.93. The van der Waals surface area contributed by atoms with Crippen LogP contribution in [0, 0.1) is 11.6 Å². The molecule has 5 nitrogen and oxygen atoms in total. The Morgan fingerprint density at radius 3 is 2.62 bits per heavy atom. The predicted molar refractivity (Wildman–Crippen MR) is 68.8 cm³/mol. The first-order valence-electron chi connectivity index (χ1n) is 6.56. The minimum atomic E-state index is -0.987. The van der Waals surface area contributed by atoms with Crippen molar-refractivity contribution in [1.29, 1.82) is 0 Å². The zero-order chi connectivity index (χ0) is 15.4. The molecule has 0 aliphatic heterocycles. The molecule has 0 heterocycles. The van der Waals surface area contributed by atoms with Crippen molar-refractivity contribution in [2.75, 3.05) is 13.2 Å². The number of carboxylic acid groups (broad SMARTS) is 1. The van der Waals surface area contributed by atoms with Crippen LogP contribution in [0.3, 0.4) is 0 Å². The van der Waals surface area contributed by atoms with Crippen molar-refractivity contribution in [3.63, 3.8) is 0 Å². The van der Waals surface area contributed by atoms with Crippen LogP contribution in [0.1, 0.15) is 19.3 Å². The van der Waals surface area contributed by atoms with Gasteiger partial charge in [0.05, 0.1) is 6.42 Å². The second-order valence-electron chi connectivity index (χ2n) is 4.83. The molecule has 1 aliphatic rings. The largest absolute Gasteiger partial charge is 0.481 e. The van der Waals surface area contributed by atoms with E-state index in [1.807, 2.05) is 0 Å². The number of ether oxygens (including phenoxy) is 1. The molecule has 1 aromatic carbocycles. The lowest BCUT2D eigenvalue weighted by Gasteiger charge is -2.21. The van der Waals surface area contributed by atoms with Crippen molar-refractivity contribution >= 4 is 11.9 Å². The number of hydrogen-bond donors (Lipinski definition) is 1. The number of amides is 1. The summed E-state index contributed by atoms with van der Waals surface area (Å²) in [6, 6.07) is 2.85. The van der Waals surface area contributed by atoms with E-state index < -0.39 is 30.1 Å². The van der Waals surface area contributed by atoms with Crippen molar-refractivity contribution in [3.8, 4) is 5.75 Å². The molecule has 2 rings (SSSR count). The van der Waals surface area contributed by atoms with Gasteiger partial charge in [0, 0.05) is 18.7 Å². The average Bonchev–Trinajstić information content (AvgIpc) is 3.22.